The van der Waals surface area contributed by atoms with Crippen molar-refractivity contribution in [3.8, 4) is 5.75 Å². The number of carbonyl (C=O) groups is 1. The number of benzene rings is 3. The number of anilines is 2. The van der Waals surface area contributed by atoms with E-state index in [0.29, 0.717) is 11.4 Å². The van der Waals surface area contributed by atoms with Crippen molar-refractivity contribution in [2.24, 2.45) is 0 Å². The van der Waals surface area contributed by atoms with Gasteiger partial charge in [0.1, 0.15) is 5.75 Å². The number of halogens is 1. The fraction of sp³-hybridized carbons (Fsp3) is 0.0500. The Bertz CT molecular complexity index is 1210. The lowest BCUT2D eigenvalue weighted by Crippen LogP contribution is -2.55. The molecule has 0 aliphatic carbocycles. The third-order valence-electron chi connectivity index (χ3n) is 4.08. The Kier molecular flexibility index (Phi) is 6.34. The maximum absolute atomic E-state index is 12.8. The molecule has 30 heavy (non-hydrogen) atoms. The van der Waals surface area contributed by atoms with E-state index in [9.17, 15) is 18.1 Å². The Morgan fingerprint density at radius 3 is 2.53 bits per heavy atom. The summed E-state index contributed by atoms with van der Waals surface area (Å²) in [5.41, 5.74) is 0.816. The van der Waals surface area contributed by atoms with Crippen LogP contribution in [0.25, 0.3) is 0 Å². The van der Waals surface area contributed by atoms with E-state index in [-0.39, 0.29) is 26.9 Å². The fourth-order valence-electron chi connectivity index (χ4n) is 2.64. The van der Waals surface area contributed by atoms with Gasteiger partial charge < -0.3 is 10.1 Å². The maximum atomic E-state index is 12.8. The molecular formula is C20H17ClN3O5S+. The van der Waals surface area contributed by atoms with Crippen LogP contribution in [0.5, 0.6) is 5.75 Å². The summed E-state index contributed by atoms with van der Waals surface area (Å²) in [6, 6.07) is 16.4. The van der Waals surface area contributed by atoms with Gasteiger partial charge in [-0.2, -0.15) is 0 Å². The van der Waals surface area contributed by atoms with Crippen LogP contribution in [0.2, 0.25) is 5.02 Å². The molecule has 0 spiro atoms. The molecular weight excluding hydrogens is 430 g/mol. The smallest absolute Gasteiger partial charge is 0.262 e. The number of sulfonamides is 1. The molecule has 0 saturated carbocycles. The van der Waals surface area contributed by atoms with Crippen molar-refractivity contribution in [2.75, 3.05) is 17.1 Å². The van der Waals surface area contributed by atoms with Gasteiger partial charge in [0.2, 0.25) is 0 Å². The van der Waals surface area contributed by atoms with Crippen molar-refractivity contribution >= 4 is 44.6 Å². The van der Waals surface area contributed by atoms with Crippen molar-refractivity contribution in [1.82, 2.24) is 0 Å². The molecule has 0 radical (unpaired) electrons. The highest BCUT2D eigenvalue weighted by molar-refractivity contribution is 7.92. The van der Waals surface area contributed by atoms with E-state index >= 15 is 0 Å². The molecule has 1 amide bonds. The average molecular weight is 447 g/mol. The number of carbonyl (C=O) groups excluding carboxylic acids is 1. The number of nitrogens with one attached hydrogen (secondary N) is 3. The molecule has 0 aliphatic rings. The van der Waals surface area contributed by atoms with Gasteiger partial charge in [0.25, 0.3) is 21.6 Å². The van der Waals surface area contributed by atoms with Crippen LogP contribution < -0.4 is 20.0 Å². The Labute approximate surface area is 177 Å². The molecule has 154 valence electrons. The van der Waals surface area contributed by atoms with Crippen LogP contribution in [0.3, 0.4) is 0 Å². The first-order valence-corrected chi connectivity index (χ1v) is 10.4. The van der Waals surface area contributed by atoms with E-state index < -0.39 is 15.9 Å². The number of para-hydroxylation sites is 2. The molecule has 0 bridgehead atoms. The van der Waals surface area contributed by atoms with Crippen LogP contribution in [-0.2, 0) is 10.0 Å². The van der Waals surface area contributed by atoms with Crippen molar-refractivity contribution < 1.29 is 23.1 Å². The molecule has 3 rings (SSSR count). The second-order valence-corrected chi connectivity index (χ2v) is 8.17. The molecule has 0 fully saturated rings. The van der Waals surface area contributed by atoms with Gasteiger partial charge in [0.05, 0.1) is 28.3 Å². The first-order valence-electron chi connectivity index (χ1n) is 8.59. The molecule has 10 heteroatoms. The van der Waals surface area contributed by atoms with Crippen molar-refractivity contribution in [1.29, 1.82) is 0 Å². The molecule has 0 aromatic heterocycles. The minimum atomic E-state index is -4.02. The topological polar surface area (TPSA) is 116 Å². The van der Waals surface area contributed by atoms with Crippen molar-refractivity contribution in [3.05, 3.63) is 82.2 Å². The van der Waals surface area contributed by atoms with Gasteiger partial charge in [-0.3, -0.25) is 9.52 Å². The SMILES string of the molecule is COc1ccccc1NS(=O)(=O)c1ccc(Cl)c(C(=O)Nc2cccc([NH+]=O)c2)c1. The Hall–Kier alpha value is -3.43. The summed E-state index contributed by atoms with van der Waals surface area (Å²) in [7, 11) is -2.60. The highest BCUT2D eigenvalue weighted by Crippen LogP contribution is 2.28. The largest absolute Gasteiger partial charge is 0.495 e. The quantitative estimate of drug-likeness (QED) is 0.516. The zero-order chi connectivity index (χ0) is 21.7. The number of hydrogen-bond donors (Lipinski definition) is 3. The Balaban J connectivity index is 1.90. The Morgan fingerprint density at radius 1 is 1.03 bits per heavy atom. The van der Waals surface area contributed by atoms with Crippen LogP contribution in [0.15, 0.2) is 71.6 Å². The van der Waals surface area contributed by atoms with Gasteiger partial charge in [-0.1, -0.05) is 29.8 Å². The van der Waals surface area contributed by atoms with Crippen LogP contribution >= 0.6 is 11.6 Å². The summed E-state index contributed by atoms with van der Waals surface area (Å²) < 4.78 is 33.2. The van der Waals surface area contributed by atoms with Crippen molar-refractivity contribution in [3.63, 3.8) is 0 Å². The third kappa shape index (κ3) is 4.76. The molecule has 3 N–H and O–H groups in total. The van der Waals surface area contributed by atoms with Gasteiger partial charge in [-0.05, 0) is 36.4 Å². The minimum absolute atomic E-state index is 0.0416. The molecule has 8 nitrogen and oxygen atoms in total. The fourth-order valence-corrected chi connectivity index (χ4v) is 3.94. The number of nitroso groups, excluding NO2 is 1. The predicted molar refractivity (Wildman–Crippen MR) is 114 cm³/mol. The first-order chi connectivity index (χ1) is 14.3. The molecule has 0 saturated heterocycles. The lowest BCUT2D eigenvalue weighted by atomic mass is 10.2. The molecule has 0 unspecified atom stereocenters. The lowest BCUT2D eigenvalue weighted by molar-refractivity contribution is -0.379. The Morgan fingerprint density at radius 2 is 1.80 bits per heavy atom. The third-order valence-corrected chi connectivity index (χ3v) is 5.78. The number of rotatable bonds is 7. The maximum Gasteiger partial charge on any atom is 0.262 e. The highest BCUT2D eigenvalue weighted by Gasteiger charge is 2.20. The number of ether oxygens (including phenoxy) is 1. The van der Waals surface area contributed by atoms with Crippen LogP contribution in [-0.4, -0.2) is 21.4 Å². The second kappa shape index (κ2) is 8.93. The average Bonchev–Trinajstić information content (AvgIpc) is 2.74. The molecule has 0 atom stereocenters. The van der Waals surface area contributed by atoms with Crippen LogP contribution in [0.4, 0.5) is 17.1 Å². The number of methoxy groups -OCH3 is 1. The summed E-state index contributed by atoms with van der Waals surface area (Å²) in [6.07, 6.45) is 0. The lowest BCUT2D eigenvalue weighted by Gasteiger charge is -2.13. The van der Waals surface area contributed by atoms with E-state index in [2.05, 4.69) is 10.0 Å². The van der Waals surface area contributed by atoms with E-state index in [1.165, 1.54) is 37.4 Å². The molecule has 3 aromatic rings. The van der Waals surface area contributed by atoms with Gasteiger partial charge in [0.15, 0.2) is 0 Å². The summed E-state index contributed by atoms with van der Waals surface area (Å²) in [5.74, 6) is -0.280. The highest BCUT2D eigenvalue weighted by atomic mass is 35.5. The van der Waals surface area contributed by atoms with Crippen LogP contribution in [0, 0.1) is 4.91 Å². The van der Waals surface area contributed by atoms with Gasteiger partial charge in [0, 0.05) is 27.9 Å². The zero-order valence-corrected chi connectivity index (χ0v) is 17.3. The predicted octanol–water partition coefficient (Wildman–Crippen LogP) is 2.88. The summed E-state index contributed by atoms with van der Waals surface area (Å²) in [6.45, 7) is 0. The van der Waals surface area contributed by atoms with Gasteiger partial charge >= 0.3 is 0 Å². The van der Waals surface area contributed by atoms with Crippen LogP contribution in [0.1, 0.15) is 10.4 Å². The minimum Gasteiger partial charge on any atom is -0.495 e. The first kappa shape index (κ1) is 21.3. The van der Waals surface area contributed by atoms with Gasteiger partial charge in [-0.25, -0.2) is 8.42 Å². The second-order valence-electron chi connectivity index (χ2n) is 6.08. The number of hydrogen-bond acceptors (Lipinski definition) is 5. The normalized spacial score (nSPS) is 10.9. The van der Waals surface area contributed by atoms with E-state index in [1.807, 2.05) is 0 Å². The van der Waals surface area contributed by atoms with Crippen molar-refractivity contribution in [2.45, 2.75) is 4.90 Å². The molecule has 0 heterocycles. The standard InChI is InChI=1S/C20H16ClN3O5S/c1-29-19-8-3-2-7-18(19)24-30(27,28)15-9-10-17(21)16(12-15)20(25)22-13-5-4-6-14(11-13)23-26/h2-12,24H,1H3,(H,22,25)/p+1. The zero-order valence-electron chi connectivity index (χ0n) is 15.7. The molecule has 3 aromatic carbocycles. The summed E-state index contributed by atoms with van der Waals surface area (Å²) >= 11 is 6.12. The summed E-state index contributed by atoms with van der Waals surface area (Å²) in [4.78, 5) is 23.3. The number of amides is 1. The summed E-state index contributed by atoms with van der Waals surface area (Å²) in [5, 5.41) is 4.38. The van der Waals surface area contributed by atoms with E-state index in [1.54, 1.807) is 41.6 Å². The molecule has 0 aliphatic heterocycles. The van der Waals surface area contributed by atoms with Gasteiger partial charge in [-0.15, -0.1) is 0 Å². The monoisotopic (exact) mass is 446 g/mol. The van der Waals surface area contributed by atoms with E-state index in [4.69, 9.17) is 16.3 Å². The van der Waals surface area contributed by atoms with E-state index in [0.717, 1.165) is 0 Å².